The van der Waals surface area contributed by atoms with E-state index in [4.69, 9.17) is 14.0 Å². The Labute approximate surface area is 184 Å². The monoisotopic (exact) mass is 434 g/mol. The van der Waals surface area contributed by atoms with Crippen LogP contribution >= 0.6 is 0 Å². The number of nitrogens with zero attached hydrogens (tertiary/aromatic N) is 2. The smallest absolute Gasteiger partial charge is 0.301 e. The summed E-state index contributed by atoms with van der Waals surface area (Å²) in [6, 6.07) is 14.3. The third-order valence-corrected chi connectivity index (χ3v) is 5.16. The summed E-state index contributed by atoms with van der Waals surface area (Å²) in [6.45, 7) is 4.07. The van der Waals surface area contributed by atoms with Gasteiger partial charge in [-0.25, -0.2) is 0 Å². The Bertz CT molecular complexity index is 1200. The molecule has 2 aromatic carbocycles. The van der Waals surface area contributed by atoms with E-state index >= 15 is 0 Å². The van der Waals surface area contributed by atoms with Crippen LogP contribution in [-0.4, -0.2) is 35.7 Å². The van der Waals surface area contributed by atoms with Crippen LogP contribution in [0.2, 0.25) is 0 Å². The standard InChI is InChI=1S/C24H22N2O6/c1-4-31-17-10-8-15(9-11-17)21-20(22(27)16-6-5-7-18(13-16)30-3)23(28)24(29)26(21)19-12-14(2)32-25-19/h5-13,21,27H,4H2,1-3H3/b22-20+/t21-/m1/s1. The molecule has 0 radical (unpaired) electrons. The normalized spacial score (nSPS) is 17.6. The number of carbonyl (C=O) groups is 2. The first-order chi connectivity index (χ1) is 15.4. The molecule has 32 heavy (non-hydrogen) atoms. The Morgan fingerprint density at radius 3 is 2.50 bits per heavy atom. The van der Waals surface area contributed by atoms with Crippen LogP contribution in [-0.2, 0) is 9.59 Å². The van der Waals surface area contributed by atoms with Crippen LogP contribution < -0.4 is 14.4 Å². The summed E-state index contributed by atoms with van der Waals surface area (Å²) in [5.41, 5.74) is 0.917. The molecule has 1 atom stereocenters. The molecule has 0 spiro atoms. The molecule has 8 heteroatoms. The van der Waals surface area contributed by atoms with Gasteiger partial charge in [0, 0.05) is 11.6 Å². The number of ketones is 1. The predicted molar refractivity (Wildman–Crippen MR) is 117 cm³/mol. The lowest BCUT2D eigenvalue weighted by Crippen LogP contribution is -2.29. The summed E-state index contributed by atoms with van der Waals surface area (Å²) in [6.07, 6.45) is 0. The second kappa shape index (κ2) is 8.58. The zero-order chi connectivity index (χ0) is 22.8. The molecule has 0 saturated carbocycles. The van der Waals surface area contributed by atoms with Gasteiger partial charge in [-0.05, 0) is 43.7 Å². The summed E-state index contributed by atoms with van der Waals surface area (Å²) < 4.78 is 15.9. The minimum absolute atomic E-state index is 0.0481. The fourth-order valence-electron chi connectivity index (χ4n) is 3.69. The van der Waals surface area contributed by atoms with Crippen molar-refractivity contribution in [1.82, 2.24) is 5.16 Å². The van der Waals surface area contributed by atoms with E-state index in [1.54, 1.807) is 61.5 Å². The number of anilines is 1. The number of rotatable bonds is 6. The average Bonchev–Trinajstić information content (AvgIpc) is 3.34. The number of aryl methyl sites for hydroxylation is 1. The van der Waals surface area contributed by atoms with E-state index in [1.165, 1.54) is 12.0 Å². The molecule has 1 aliphatic heterocycles. The maximum Gasteiger partial charge on any atom is 0.301 e. The first-order valence-corrected chi connectivity index (χ1v) is 10.1. The zero-order valence-electron chi connectivity index (χ0n) is 17.9. The number of ether oxygens (including phenoxy) is 2. The van der Waals surface area contributed by atoms with Crippen molar-refractivity contribution < 1.29 is 28.7 Å². The number of hydrogen-bond donors (Lipinski definition) is 1. The number of benzene rings is 2. The second-order valence-corrected chi connectivity index (χ2v) is 7.20. The first-order valence-electron chi connectivity index (χ1n) is 10.1. The molecule has 0 unspecified atom stereocenters. The molecule has 1 amide bonds. The van der Waals surface area contributed by atoms with E-state index in [9.17, 15) is 14.7 Å². The van der Waals surface area contributed by atoms with E-state index in [1.807, 2.05) is 6.92 Å². The van der Waals surface area contributed by atoms with Gasteiger partial charge in [-0.3, -0.25) is 14.5 Å². The van der Waals surface area contributed by atoms with Gasteiger partial charge in [0.05, 0.1) is 25.3 Å². The first kappa shape index (κ1) is 21.2. The molecule has 1 N–H and O–H groups in total. The molecule has 164 valence electrons. The van der Waals surface area contributed by atoms with Crippen molar-refractivity contribution in [2.24, 2.45) is 0 Å². The van der Waals surface area contributed by atoms with Crippen LogP contribution in [0.25, 0.3) is 5.76 Å². The van der Waals surface area contributed by atoms with Gasteiger partial charge in [-0.2, -0.15) is 0 Å². The van der Waals surface area contributed by atoms with Crippen LogP contribution in [0.4, 0.5) is 5.82 Å². The van der Waals surface area contributed by atoms with Gasteiger partial charge >= 0.3 is 5.91 Å². The molecule has 1 aliphatic rings. The fraction of sp³-hybridized carbons (Fsp3) is 0.208. The minimum Gasteiger partial charge on any atom is -0.507 e. The van der Waals surface area contributed by atoms with E-state index in [0.717, 1.165) is 0 Å². The SMILES string of the molecule is CCOc1ccc([C@@H]2/C(=C(\O)c3cccc(OC)c3)C(=O)C(=O)N2c2cc(C)on2)cc1. The fourth-order valence-corrected chi connectivity index (χ4v) is 3.69. The molecule has 1 fully saturated rings. The highest BCUT2D eigenvalue weighted by molar-refractivity contribution is 6.51. The van der Waals surface area contributed by atoms with E-state index in [2.05, 4.69) is 5.16 Å². The van der Waals surface area contributed by atoms with Crippen LogP contribution in [0.1, 0.15) is 29.9 Å². The molecule has 1 aromatic heterocycles. The Balaban J connectivity index is 1.90. The Morgan fingerprint density at radius 1 is 1.12 bits per heavy atom. The lowest BCUT2D eigenvalue weighted by molar-refractivity contribution is -0.132. The predicted octanol–water partition coefficient (Wildman–Crippen LogP) is 4.02. The van der Waals surface area contributed by atoms with E-state index in [0.29, 0.717) is 35.0 Å². The highest BCUT2D eigenvalue weighted by Crippen LogP contribution is 2.42. The van der Waals surface area contributed by atoms with Gasteiger partial charge in [0.25, 0.3) is 5.78 Å². The van der Waals surface area contributed by atoms with Crippen molar-refractivity contribution in [2.75, 3.05) is 18.6 Å². The molecule has 0 aliphatic carbocycles. The summed E-state index contributed by atoms with van der Waals surface area (Å²) in [4.78, 5) is 27.4. The van der Waals surface area contributed by atoms with E-state index in [-0.39, 0.29) is 17.2 Å². The maximum absolute atomic E-state index is 13.1. The summed E-state index contributed by atoms with van der Waals surface area (Å²) in [7, 11) is 1.50. The lowest BCUT2D eigenvalue weighted by atomic mass is 9.95. The minimum atomic E-state index is -0.902. The number of aliphatic hydroxyl groups excluding tert-OH is 1. The maximum atomic E-state index is 13.1. The van der Waals surface area contributed by atoms with Crippen LogP contribution in [0.3, 0.4) is 0 Å². The van der Waals surface area contributed by atoms with Gasteiger partial charge in [-0.1, -0.05) is 29.4 Å². The third kappa shape index (κ3) is 3.71. The number of carbonyl (C=O) groups excluding carboxylic acids is 2. The molecule has 0 bridgehead atoms. The van der Waals surface area contributed by atoms with Crippen molar-refractivity contribution in [3.05, 3.63) is 77.1 Å². The quantitative estimate of drug-likeness (QED) is 0.355. The molecule has 4 rings (SSSR count). The Kier molecular flexibility index (Phi) is 5.68. The average molecular weight is 434 g/mol. The molecule has 8 nitrogen and oxygen atoms in total. The third-order valence-electron chi connectivity index (χ3n) is 5.16. The van der Waals surface area contributed by atoms with E-state index < -0.39 is 17.7 Å². The number of hydrogen-bond acceptors (Lipinski definition) is 7. The zero-order valence-corrected chi connectivity index (χ0v) is 17.9. The van der Waals surface area contributed by atoms with Crippen molar-refractivity contribution in [1.29, 1.82) is 0 Å². The number of methoxy groups -OCH3 is 1. The van der Waals surface area contributed by atoms with Gasteiger partial charge in [-0.15, -0.1) is 0 Å². The van der Waals surface area contributed by atoms with Gasteiger partial charge < -0.3 is 19.1 Å². The van der Waals surface area contributed by atoms with Crippen LogP contribution in [0.5, 0.6) is 11.5 Å². The molecular formula is C24H22N2O6. The number of aliphatic hydroxyl groups is 1. The second-order valence-electron chi connectivity index (χ2n) is 7.20. The largest absolute Gasteiger partial charge is 0.507 e. The highest BCUT2D eigenvalue weighted by Gasteiger charge is 2.48. The van der Waals surface area contributed by atoms with Crippen LogP contribution in [0, 0.1) is 6.92 Å². The van der Waals surface area contributed by atoms with Crippen molar-refractivity contribution in [3.63, 3.8) is 0 Å². The molecular weight excluding hydrogens is 412 g/mol. The van der Waals surface area contributed by atoms with Crippen molar-refractivity contribution in [2.45, 2.75) is 19.9 Å². The number of amides is 1. The Morgan fingerprint density at radius 2 is 1.88 bits per heavy atom. The summed E-state index contributed by atoms with van der Waals surface area (Å²) in [5.74, 6) is -0.0880. The molecule has 2 heterocycles. The summed E-state index contributed by atoms with van der Waals surface area (Å²) in [5, 5.41) is 15.1. The van der Waals surface area contributed by atoms with Crippen LogP contribution in [0.15, 0.2) is 64.7 Å². The number of aromatic nitrogens is 1. The number of Topliss-reactive ketones (excluding diaryl/α,β-unsaturated/α-hetero) is 1. The van der Waals surface area contributed by atoms with Gasteiger partial charge in [0.15, 0.2) is 5.82 Å². The van der Waals surface area contributed by atoms with Gasteiger partial charge in [0.2, 0.25) is 0 Å². The highest BCUT2D eigenvalue weighted by atomic mass is 16.5. The van der Waals surface area contributed by atoms with Crippen molar-refractivity contribution in [3.8, 4) is 11.5 Å². The summed E-state index contributed by atoms with van der Waals surface area (Å²) >= 11 is 0. The molecule has 1 saturated heterocycles. The molecule has 3 aromatic rings. The lowest BCUT2D eigenvalue weighted by Gasteiger charge is -2.23. The topological polar surface area (TPSA) is 102 Å². The Hall–Kier alpha value is -4.07. The van der Waals surface area contributed by atoms with Gasteiger partial charge in [0.1, 0.15) is 23.0 Å². The van der Waals surface area contributed by atoms with Crippen molar-refractivity contribution >= 4 is 23.3 Å².